The van der Waals surface area contributed by atoms with Crippen molar-refractivity contribution < 1.29 is 0 Å². The van der Waals surface area contributed by atoms with E-state index >= 15 is 0 Å². The zero-order valence-corrected chi connectivity index (χ0v) is 15.0. The van der Waals surface area contributed by atoms with Crippen molar-refractivity contribution in [2.75, 3.05) is 20.1 Å². The van der Waals surface area contributed by atoms with Gasteiger partial charge in [-0.2, -0.15) is 0 Å². The van der Waals surface area contributed by atoms with Crippen molar-refractivity contribution in [1.82, 2.24) is 20.6 Å². The number of aromatic nitrogens is 2. The first-order chi connectivity index (χ1) is 10.7. The van der Waals surface area contributed by atoms with Crippen LogP contribution >= 0.6 is 22.7 Å². The first-order valence-corrected chi connectivity index (χ1v) is 9.20. The van der Waals surface area contributed by atoms with Crippen LogP contribution in [0.25, 0.3) is 0 Å². The van der Waals surface area contributed by atoms with Gasteiger partial charge in [-0.25, -0.2) is 9.97 Å². The Morgan fingerprint density at radius 3 is 2.55 bits per heavy atom. The smallest absolute Gasteiger partial charge is 0.190 e. The Morgan fingerprint density at radius 1 is 1.09 bits per heavy atom. The van der Waals surface area contributed by atoms with Gasteiger partial charge in [-0.15, -0.1) is 22.7 Å². The molecule has 0 aliphatic heterocycles. The Labute approximate surface area is 139 Å². The maximum absolute atomic E-state index is 4.47. The molecule has 0 aliphatic rings. The van der Waals surface area contributed by atoms with E-state index in [0.717, 1.165) is 54.7 Å². The van der Waals surface area contributed by atoms with E-state index in [1.165, 1.54) is 5.01 Å². The second kappa shape index (κ2) is 8.85. The van der Waals surface area contributed by atoms with Crippen LogP contribution < -0.4 is 10.6 Å². The van der Waals surface area contributed by atoms with E-state index in [9.17, 15) is 0 Å². The van der Waals surface area contributed by atoms with E-state index in [2.05, 4.69) is 36.4 Å². The Kier molecular flexibility index (Phi) is 6.79. The Balaban J connectivity index is 1.60. The molecule has 0 amide bonds. The quantitative estimate of drug-likeness (QED) is 0.463. The summed E-state index contributed by atoms with van der Waals surface area (Å²) in [6.07, 6.45) is 2.99. The summed E-state index contributed by atoms with van der Waals surface area (Å²) < 4.78 is 0. The number of rotatable bonds is 7. The van der Waals surface area contributed by atoms with Gasteiger partial charge in [0, 0.05) is 49.4 Å². The van der Waals surface area contributed by atoms with E-state index < -0.39 is 0 Å². The fourth-order valence-corrected chi connectivity index (χ4v) is 3.48. The molecule has 0 atom stereocenters. The third kappa shape index (κ3) is 5.73. The van der Waals surface area contributed by atoms with E-state index in [-0.39, 0.29) is 0 Å². The van der Waals surface area contributed by atoms with Crippen molar-refractivity contribution in [3.8, 4) is 0 Å². The highest BCUT2D eigenvalue weighted by atomic mass is 32.1. The second-order valence-electron chi connectivity index (χ2n) is 5.02. The maximum atomic E-state index is 4.47. The number of nitrogens with zero attached hydrogens (tertiary/aromatic N) is 3. The van der Waals surface area contributed by atoms with Gasteiger partial charge in [0.2, 0.25) is 0 Å². The molecule has 2 aromatic rings. The van der Waals surface area contributed by atoms with E-state index in [1.54, 1.807) is 29.7 Å². The van der Waals surface area contributed by atoms with Gasteiger partial charge in [0.25, 0.3) is 0 Å². The van der Waals surface area contributed by atoms with Gasteiger partial charge >= 0.3 is 0 Å². The molecular formula is C15H23N5S2. The average Bonchev–Trinajstić information content (AvgIpc) is 3.10. The van der Waals surface area contributed by atoms with Crippen LogP contribution in [-0.2, 0) is 12.8 Å². The number of aliphatic imine (C=N–C) groups is 1. The van der Waals surface area contributed by atoms with Crippen molar-refractivity contribution in [2.24, 2.45) is 4.99 Å². The fourth-order valence-electron chi connectivity index (χ4n) is 2.02. The molecular weight excluding hydrogens is 314 g/mol. The summed E-state index contributed by atoms with van der Waals surface area (Å²) >= 11 is 3.43. The van der Waals surface area contributed by atoms with E-state index in [0.29, 0.717) is 0 Å². The largest absolute Gasteiger partial charge is 0.356 e. The summed E-state index contributed by atoms with van der Waals surface area (Å²) in [5, 5.41) is 13.2. The molecule has 120 valence electrons. The van der Waals surface area contributed by atoms with Crippen molar-refractivity contribution >= 4 is 28.6 Å². The summed E-state index contributed by atoms with van der Waals surface area (Å²) in [6, 6.07) is 0. The Morgan fingerprint density at radius 2 is 1.91 bits per heavy atom. The highest BCUT2D eigenvalue weighted by molar-refractivity contribution is 7.09. The lowest BCUT2D eigenvalue weighted by Crippen LogP contribution is -2.38. The van der Waals surface area contributed by atoms with Gasteiger partial charge in [0.1, 0.15) is 0 Å². The molecule has 2 N–H and O–H groups in total. The minimum Gasteiger partial charge on any atom is -0.356 e. The predicted molar refractivity (Wildman–Crippen MR) is 95.1 cm³/mol. The van der Waals surface area contributed by atoms with Crippen molar-refractivity contribution in [3.05, 3.63) is 32.2 Å². The minimum atomic E-state index is 0.842. The predicted octanol–water partition coefficient (Wildman–Crippen LogP) is 2.56. The lowest BCUT2D eigenvalue weighted by atomic mass is 10.3. The van der Waals surface area contributed by atoms with Crippen LogP contribution in [0.3, 0.4) is 0 Å². The SMILES string of the molecule is CN=C(NCCCc1nc(C)cs1)NCCc1csc(C)n1. The molecule has 7 heteroatoms. The number of nitrogens with one attached hydrogen (secondary N) is 2. The number of aryl methyl sites for hydroxylation is 3. The molecule has 0 saturated heterocycles. The number of hydrogen-bond acceptors (Lipinski definition) is 5. The molecule has 0 spiro atoms. The van der Waals surface area contributed by atoms with Crippen LogP contribution in [0, 0.1) is 13.8 Å². The summed E-state index contributed by atoms with van der Waals surface area (Å²) in [7, 11) is 1.80. The van der Waals surface area contributed by atoms with Crippen molar-refractivity contribution in [1.29, 1.82) is 0 Å². The molecule has 0 saturated carbocycles. The van der Waals surface area contributed by atoms with Gasteiger partial charge in [0.05, 0.1) is 15.7 Å². The second-order valence-corrected chi connectivity index (χ2v) is 7.02. The summed E-state index contributed by atoms with van der Waals surface area (Å²) in [5.74, 6) is 0.849. The first kappa shape index (κ1) is 16.9. The number of guanidine groups is 1. The summed E-state index contributed by atoms with van der Waals surface area (Å²) in [5.41, 5.74) is 2.26. The zero-order valence-electron chi connectivity index (χ0n) is 13.3. The highest BCUT2D eigenvalue weighted by Crippen LogP contribution is 2.10. The highest BCUT2D eigenvalue weighted by Gasteiger charge is 2.02. The van der Waals surface area contributed by atoms with Gasteiger partial charge in [-0.3, -0.25) is 4.99 Å². The van der Waals surface area contributed by atoms with Gasteiger partial charge in [-0.1, -0.05) is 0 Å². The maximum Gasteiger partial charge on any atom is 0.190 e. The summed E-state index contributed by atoms with van der Waals surface area (Å²) in [6.45, 7) is 5.81. The average molecular weight is 338 g/mol. The van der Waals surface area contributed by atoms with Crippen LogP contribution in [0.1, 0.15) is 27.8 Å². The van der Waals surface area contributed by atoms with Crippen LogP contribution in [0.15, 0.2) is 15.8 Å². The van der Waals surface area contributed by atoms with Crippen molar-refractivity contribution in [2.45, 2.75) is 33.1 Å². The Hall–Kier alpha value is -1.47. The molecule has 2 rings (SSSR count). The summed E-state index contributed by atoms with van der Waals surface area (Å²) in [4.78, 5) is 13.2. The van der Waals surface area contributed by atoms with Gasteiger partial charge in [-0.05, 0) is 20.3 Å². The molecule has 2 heterocycles. The monoisotopic (exact) mass is 337 g/mol. The molecule has 0 aromatic carbocycles. The third-order valence-corrected chi connectivity index (χ3v) is 4.94. The first-order valence-electron chi connectivity index (χ1n) is 7.44. The Bertz CT molecular complexity index is 603. The molecule has 0 unspecified atom stereocenters. The molecule has 5 nitrogen and oxygen atoms in total. The molecule has 2 aromatic heterocycles. The molecule has 0 aliphatic carbocycles. The van der Waals surface area contributed by atoms with Crippen LogP contribution in [0.2, 0.25) is 0 Å². The molecule has 22 heavy (non-hydrogen) atoms. The van der Waals surface area contributed by atoms with E-state index in [4.69, 9.17) is 0 Å². The topological polar surface area (TPSA) is 62.2 Å². The normalized spacial score (nSPS) is 11.7. The number of hydrogen-bond donors (Lipinski definition) is 2. The minimum absolute atomic E-state index is 0.842. The standard InChI is InChI=1S/C15H23N5S2/c1-11-9-22-14(19-11)5-4-7-17-15(16-3)18-8-6-13-10-21-12(2)20-13/h9-10H,4-8H2,1-3H3,(H2,16,17,18). The van der Waals surface area contributed by atoms with Crippen LogP contribution in [0.4, 0.5) is 0 Å². The van der Waals surface area contributed by atoms with E-state index in [1.807, 2.05) is 13.8 Å². The fraction of sp³-hybridized carbons (Fsp3) is 0.533. The molecule has 0 fully saturated rings. The lowest BCUT2D eigenvalue weighted by molar-refractivity contribution is 0.734. The van der Waals surface area contributed by atoms with Crippen LogP contribution in [-0.4, -0.2) is 36.1 Å². The van der Waals surface area contributed by atoms with Crippen molar-refractivity contribution in [3.63, 3.8) is 0 Å². The van der Waals surface area contributed by atoms with Crippen LogP contribution in [0.5, 0.6) is 0 Å². The third-order valence-electron chi connectivity index (χ3n) is 3.09. The van der Waals surface area contributed by atoms with Gasteiger partial charge in [0.15, 0.2) is 5.96 Å². The van der Waals surface area contributed by atoms with Gasteiger partial charge < -0.3 is 10.6 Å². The number of thiazole rings is 2. The lowest BCUT2D eigenvalue weighted by Gasteiger charge is -2.10. The molecule has 0 bridgehead atoms. The molecule has 0 radical (unpaired) electrons. The zero-order chi connectivity index (χ0) is 15.8.